The van der Waals surface area contributed by atoms with Crippen LogP contribution in [0.5, 0.6) is 0 Å². The number of nitrogens with one attached hydrogen (secondary N) is 8. The number of carbonyl (C=O) groups is 8. The average Bonchev–Trinajstić information content (AvgIpc) is 0.840. The first kappa shape index (κ1) is 99.7. The van der Waals surface area contributed by atoms with Crippen molar-refractivity contribution >= 4 is 48.3 Å². The molecule has 0 aliphatic carbocycles. The summed E-state index contributed by atoms with van der Waals surface area (Å²) in [5.74, 6) is -1.44. The minimum absolute atomic E-state index is 0.0165. The lowest BCUT2D eigenvalue weighted by molar-refractivity contribution is -0.137. The van der Waals surface area contributed by atoms with Crippen LogP contribution in [0.3, 0.4) is 0 Å². The maximum atomic E-state index is 12.1. The fourth-order valence-electron chi connectivity index (χ4n) is 9.97. The van der Waals surface area contributed by atoms with Crippen LogP contribution < -0.4 is 82.5 Å². The molecule has 10 heterocycles. The van der Waals surface area contributed by atoms with Crippen molar-refractivity contribution in [2.75, 3.05) is 19.6 Å². The summed E-state index contributed by atoms with van der Waals surface area (Å²) in [6, 6.07) is 27.9. The molecular weight excluding hydrogens is 1550 g/mol. The Morgan fingerprint density at radius 2 is 0.808 bits per heavy atom. The number of nitriles is 1. The van der Waals surface area contributed by atoms with Gasteiger partial charge in [0.1, 0.15) is 29.1 Å². The summed E-state index contributed by atoms with van der Waals surface area (Å²) in [5.41, 5.74) is 12.2. The topological polar surface area (TPSA) is 526 Å². The van der Waals surface area contributed by atoms with E-state index in [4.69, 9.17) is 31.3 Å². The van der Waals surface area contributed by atoms with E-state index in [1.165, 1.54) is 42.0 Å². The van der Waals surface area contributed by atoms with E-state index < -0.39 is 41.4 Å². The molecule has 0 radical (unpaired) electrons. The molecule has 37 heteroatoms. The standard InChI is InChI=1S/C14H20N2O3.C13H15N3O3.C12H13N3O4.C12H16N2O3.C11H16N2O3.C9H12N2O.C6H8N2O.C6H4N2O/c1-5-8-16-9-6-7-11(12(16)17)10-15-13(18)19-14(2,3)4;1-2-6-15-7-3-4-10(12(15)18)9-16-8-5-11(17)14-13(16)19;16-7-6-14-4-1-2-9(11(14)18)8-15-5-3-10(17)13-12(15)19;1-2-7-14-8-3-4-10(12(14)17)9-13-6-5-11(15)16;1-11(2,3)16-10(15)13-7-8-5-4-6-12-9(8)14;1-2-5-11-6-3-4-8(7-10)9(11)12;2*7-4-5-2-1-3-8-6(5)9/h5-7,9H,1,8,10H2,2-4H3,(H,15,18);2-4,7H,1,5-6,8-9H2,(H,14,17,19);1-2,4,7H,3,5-6,8H2,(H,13,17,19);2-4,8,13H,1,5-7,9H2,(H,15,16);4-6H,7H2,1-3H3,(H,12,14)(H,13,15);2-4,6H,1,5,7,10H2;1-3H,4,7H2,(H,8,9);1-3H,(H,8,9). The van der Waals surface area contributed by atoms with Crippen molar-refractivity contribution in [3.05, 3.63) is 325 Å². The zero-order valence-corrected chi connectivity index (χ0v) is 67.8. The van der Waals surface area contributed by atoms with E-state index in [-0.39, 0.29) is 127 Å². The normalized spacial score (nSPS) is 11.8. The molecule has 640 valence electrons. The van der Waals surface area contributed by atoms with Crippen LogP contribution in [0.2, 0.25) is 0 Å². The van der Waals surface area contributed by atoms with Gasteiger partial charge in [0.2, 0.25) is 11.8 Å². The third-order valence-electron chi connectivity index (χ3n) is 15.7. The number of hydrogen-bond donors (Lipinski definition) is 11. The fraction of sp³-hybridized carbons (Fsp3) is 0.313. The summed E-state index contributed by atoms with van der Waals surface area (Å²) in [6.07, 6.45) is 19.6. The molecule has 37 nitrogen and oxygen atoms in total. The Kier molecular flexibility index (Phi) is 43.9. The number of imide groups is 2. The second-order valence-electron chi connectivity index (χ2n) is 27.3. The fourth-order valence-corrected chi connectivity index (χ4v) is 9.97. The predicted molar refractivity (Wildman–Crippen MR) is 449 cm³/mol. The van der Waals surface area contributed by atoms with E-state index in [2.05, 4.69) is 67.9 Å². The molecule has 0 aromatic carbocycles. The average molecular weight is 1660 g/mol. The van der Waals surface area contributed by atoms with Gasteiger partial charge in [-0.05, 0) is 96.1 Å². The molecule has 2 aliphatic rings. The van der Waals surface area contributed by atoms with Crippen molar-refractivity contribution in [2.45, 2.75) is 151 Å². The largest absolute Gasteiger partial charge is 0.481 e. The Balaban J connectivity index is 0.000000359. The zero-order valence-electron chi connectivity index (χ0n) is 67.8. The predicted octanol–water partition coefficient (Wildman–Crippen LogP) is 4.60. The number of amides is 8. The van der Waals surface area contributed by atoms with Gasteiger partial charge in [-0.3, -0.25) is 63.4 Å². The molecule has 0 spiro atoms. The van der Waals surface area contributed by atoms with Crippen LogP contribution in [0.15, 0.2) is 236 Å². The number of rotatable bonds is 25. The number of ether oxygens (including phenoxy) is 2. The molecule has 0 saturated carbocycles. The van der Waals surface area contributed by atoms with Gasteiger partial charge in [0, 0.05) is 167 Å². The van der Waals surface area contributed by atoms with Gasteiger partial charge in [-0.1, -0.05) is 66.8 Å². The molecule has 2 fully saturated rings. The van der Waals surface area contributed by atoms with Crippen molar-refractivity contribution in [2.24, 2.45) is 11.5 Å². The summed E-state index contributed by atoms with van der Waals surface area (Å²) >= 11 is 0. The lowest BCUT2D eigenvalue weighted by atomic mass is 10.2. The van der Waals surface area contributed by atoms with Crippen LogP contribution in [-0.2, 0) is 107 Å². The van der Waals surface area contributed by atoms with Gasteiger partial charge in [0.25, 0.3) is 44.5 Å². The molecule has 8 aromatic rings. The number of aromatic nitrogens is 8. The van der Waals surface area contributed by atoms with Gasteiger partial charge in [-0.2, -0.15) is 5.26 Å². The van der Waals surface area contributed by atoms with E-state index >= 15 is 0 Å². The molecule has 0 unspecified atom stereocenters. The third-order valence-corrected chi connectivity index (χ3v) is 15.7. The van der Waals surface area contributed by atoms with E-state index in [0.29, 0.717) is 97.6 Å². The van der Waals surface area contributed by atoms with E-state index in [1.54, 1.807) is 203 Å². The number of hydrogen-bond acceptors (Lipinski definition) is 22. The van der Waals surface area contributed by atoms with Gasteiger partial charge in [0.15, 0.2) is 0 Å². The summed E-state index contributed by atoms with van der Waals surface area (Å²) in [6.45, 7) is 29.4. The van der Waals surface area contributed by atoms with Crippen LogP contribution in [0.1, 0.15) is 105 Å². The zero-order chi connectivity index (χ0) is 89.3. The highest BCUT2D eigenvalue weighted by atomic mass is 16.6. The highest BCUT2D eigenvalue weighted by Crippen LogP contribution is 2.10. The molecular formula is C83H104N18O19. The number of carboxylic acids is 1. The van der Waals surface area contributed by atoms with Gasteiger partial charge in [0.05, 0.1) is 39.1 Å². The van der Waals surface area contributed by atoms with Crippen LogP contribution in [0.25, 0.3) is 0 Å². The summed E-state index contributed by atoms with van der Waals surface area (Å²) < 4.78 is 17.6. The number of H-pyrrole nitrogens is 3. The molecule has 120 heavy (non-hydrogen) atoms. The number of carboxylic acid groups (broad SMARTS) is 1. The Morgan fingerprint density at radius 1 is 0.475 bits per heavy atom. The first-order chi connectivity index (χ1) is 57.1. The molecule has 8 aromatic heterocycles. The molecule has 0 atom stereocenters. The lowest BCUT2D eigenvalue weighted by Gasteiger charge is -2.26. The van der Waals surface area contributed by atoms with Crippen LogP contribution in [0.4, 0.5) is 19.2 Å². The molecule has 13 N–H and O–H groups in total. The maximum Gasteiger partial charge on any atom is 0.407 e. The van der Waals surface area contributed by atoms with E-state index in [0.717, 1.165) is 0 Å². The van der Waals surface area contributed by atoms with Crippen molar-refractivity contribution in [3.63, 3.8) is 0 Å². The van der Waals surface area contributed by atoms with Crippen LogP contribution in [0, 0.1) is 11.3 Å². The van der Waals surface area contributed by atoms with Gasteiger partial charge in [-0.25, -0.2) is 19.2 Å². The van der Waals surface area contributed by atoms with Gasteiger partial charge in [-0.15, -0.1) is 26.3 Å². The minimum Gasteiger partial charge on any atom is -0.481 e. The molecule has 2 aliphatic heterocycles. The number of alkyl carbamates (subject to hydrolysis) is 2. The van der Waals surface area contributed by atoms with Crippen molar-refractivity contribution < 1.29 is 52.9 Å². The van der Waals surface area contributed by atoms with E-state index in [1.807, 2.05) is 6.07 Å². The molecule has 10 rings (SSSR count). The number of carbonyl (C=O) groups excluding carboxylic acids is 7. The van der Waals surface area contributed by atoms with E-state index in [9.17, 15) is 76.7 Å². The number of aliphatic carboxylic acids is 1. The number of urea groups is 2. The second kappa shape index (κ2) is 52.9. The Morgan fingerprint density at radius 3 is 1.14 bits per heavy atom. The summed E-state index contributed by atoms with van der Waals surface area (Å²) in [7, 11) is 0. The Bertz CT molecular complexity index is 5240. The Hall–Kier alpha value is -14.5. The summed E-state index contributed by atoms with van der Waals surface area (Å²) in [5, 5.41) is 29.1. The Labute approximate surface area is 690 Å². The number of nitrogens with zero attached hydrogens (tertiary/aromatic N) is 8. The number of aldehydes is 1. The monoisotopic (exact) mass is 1660 g/mol. The van der Waals surface area contributed by atoms with Gasteiger partial charge >= 0.3 is 30.2 Å². The van der Waals surface area contributed by atoms with Gasteiger partial charge < -0.3 is 94.4 Å². The SMILES string of the molecule is C=CCn1cccc(CN)c1=O.C=CCn1cccc(CN2CCC(=O)NC2=O)c1=O.C=CCn1cccc(CNC(=O)OC(C)(C)C)c1=O.C=CCn1cccc(CNCCC(=O)O)c1=O.CC(C)(C)OC(=O)NCc1ccc[nH]c1=O.N#Cc1ccc[nH]c1=O.NCc1ccc[nH]c1=O.O=CCn1cccc(CN2CCC(=O)NC2=O)c1=O. The first-order valence-electron chi connectivity index (χ1n) is 37.2. The highest BCUT2D eigenvalue weighted by molar-refractivity contribution is 5.97. The third kappa shape index (κ3) is 37.4. The van der Waals surface area contributed by atoms with Crippen LogP contribution in [-0.4, -0.2) is 132 Å². The smallest absolute Gasteiger partial charge is 0.407 e. The molecule has 8 amide bonds. The van der Waals surface area contributed by atoms with Crippen molar-refractivity contribution in [3.8, 4) is 6.07 Å². The maximum absolute atomic E-state index is 12.1. The molecule has 0 bridgehead atoms. The van der Waals surface area contributed by atoms with Crippen molar-refractivity contribution in [1.29, 1.82) is 5.26 Å². The second-order valence-corrected chi connectivity index (χ2v) is 27.3. The number of nitrogens with two attached hydrogens (primary N) is 2. The van der Waals surface area contributed by atoms with Crippen molar-refractivity contribution in [1.82, 2.24) is 74.2 Å². The highest BCUT2D eigenvalue weighted by Gasteiger charge is 2.26. The first-order valence-corrected chi connectivity index (χ1v) is 37.2. The van der Waals surface area contributed by atoms with Crippen LogP contribution >= 0.6 is 0 Å². The lowest BCUT2D eigenvalue weighted by Crippen LogP contribution is -2.49. The number of allylic oxidation sites excluding steroid dienone is 4. The quantitative estimate of drug-likeness (QED) is 0.0212. The summed E-state index contributed by atoms with van der Waals surface area (Å²) in [4.78, 5) is 191. The molecule has 2 saturated heterocycles. The minimum atomic E-state index is -0.852. The number of pyridine rings is 8. The number of aromatic amines is 3.